The molecular weight excluding hydrogens is 600 g/mol. The highest BCUT2D eigenvalue weighted by Crippen LogP contribution is 2.47. The lowest BCUT2D eigenvalue weighted by molar-refractivity contribution is -0.129. The van der Waals surface area contributed by atoms with Crippen LogP contribution in [0.25, 0.3) is 43.9 Å². The highest BCUT2D eigenvalue weighted by atomic mass is 32.1. The van der Waals surface area contributed by atoms with E-state index in [0.29, 0.717) is 51.9 Å². The number of amides is 1. The fourth-order valence-corrected chi connectivity index (χ4v) is 6.46. The van der Waals surface area contributed by atoms with E-state index in [0.717, 1.165) is 23.2 Å². The van der Waals surface area contributed by atoms with Crippen LogP contribution in [-0.2, 0) is 16.1 Å². The first kappa shape index (κ1) is 30.3. The summed E-state index contributed by atoms with van der Waals surface area (Å²) in [6.45, 7) is 6.78. The van der Waals surface area contributed by atoms with E-state index in [1.807, 2.05) is 43.2 Å². The van der Waals surface area contributed by atoms with Crippen LogP contribution in [0, 0.1) is 11.6 Å². The summed E-state index contributed by atoms with van der Waals surface area (Å²) in [5.74, 6) is -1.18. The van der Waals surface area contributed by atoms with Crippen LogP contribution in [-0.4, -0.2) is 76.5 Å². The average Bonchev–Trinajstić information content (AvgIpc) is 3.69. The number of halogens is 2. The Bertz CT molecular complexity index is 1910. The van der Waals surface area contributed by atoms with Crippen LogP contribution in [0.15, 0.2) is 54.7 Å². The van der Waals surface area contributed by atoms with Crippen molar-refractivity contribution in [2.24, 2.45) is 0 Å². The third-order valence-electron chi connectivity index (χ3n) is 7.69. The zero-order valence-corrected chi connectivity index (χ0v) is 26.1. The number of methoxy groups -OCH3 is 1. The molecule has 5 heterocycles. The van der Waals surface area contributed by atoms with Crippen molar-refractivity contribution in [3.63, 3.8) is 0 Å². The molecule has 5 aromatic rings. The molecule has 0 N–H and O–H groups in total. The molecule has 1 unspecified atom stereocenters. The van der Waals surface area contributed by atoms with E-state index >= 15 is 4.39 Å². The lowest BCUT2D eigenvalue weighted by Gasteiger charge is -2.33. The minimum atomic E-state index is -0.799. The highest BCUT2D eigenvalue weighted by molar-refractivity contribution is 7.18. The summed E-state index contributed by atoms with van der Waals surface area (Å²) in [4.78, 5) is 30.1. The van der Waals surface area contributed by atoms with E-state index in [4.69, 9.17) is 19.6 Å². The van der Waals surface area contributed by atoms with Crippen molar-refractivity contribution < 1.29 is 23.0 Å². The molecule has 0 radical (unpaired) electrons. The maximum Gasteiger partial charge on any atom is 0.246 e. The Morgan fingerprint density at radius 2 is 1.91 bits per heavy atom. The summed E-state index contributed by atoms with van der Waals surface area (Å²) in [5.41, 5.74) is 3.36. The summed E-state index contributed by atoms with van der Waals surface area (Å²) in [6, 6.07) is 5.48. The van der Waals surface area contributed by atoms with Gasteiger partial charge in [0.05, 0.1) is 36.1 Å². The largest absolute Gasteiger partial charge is 0.490 e. The molecule has 232 valence electrons. The second kappa shape index (κ2) is 12.3. The number of ether oxygens (including phenoxy) is 2. The number of fused-ring (bicyclic) bond motifs is 2. The number of thiophene rings is 1. The number of nitrogens with zero attached hydrogens (tertiary/aromatic N) is 7. The molecule has 1 amide bonds. The fourth-order valence-electron chi connectivity index (χ4n) is 5.51. The molecular formula is C32H31F2N7O3S. The molecule has 0 bridgehead atoms. The molecule has 4 aromatic heterocycles. The fraction of sp³-hybridized carbons (Fsp3) is 0.281. The van der Waals surface area contributed by atoms with Gasteiger partial charge in [0.1, 0.15) is 35.4 Å². The molecule has 0 saturated carbocycles. The van der Waals surface area contributed by atoms with E-state index in [-0.39, 0.29) is 36.5 Å². The van der Waals surface area contributed by atoms with Gasteiger partial charge in [-0.05, 0) is 30.5 Å². The van der Waals surface area contributed by atoms with E-state index in [1.54, 1.807) is 22.2 Å². The number of hydrogen-bond donors (Lipinski definition) is 0. The van der Waals surface area contributed by atoms with Crippen LogP contribution >= 0.6 is 11.3 Å². The van der Waals surface area contributed by atoms with Gasteiger partial charge in [0, 0.05) is 73.5 Å². The molecule has 10 nitrogen and oxygen atoms in total. The number of carbonyl (C=O) groups excluding carboxylic acids is 1. The van der Waals surface area contributed by atoms with Gasteiger partial charge in [-0.2, -0.15) is 5.10 Å². The molecule has 13 heteroatoms. The van der Waals surface area contributed by atoms with Crippen molar-refractivity contribution in [1.82, 2.24) is 29.6 Å². The average molecular weight is 632 g/mol. The van der Waals surface area contributed by atoms with Crippen LogP contribution in [0.1, 0.15) is 18.7 Å². The Morgan fingerprint density at radius 1 is 1.13 bits per heavy atom. The van der Waals surface area contributed by atoms with Gasteiger partial charge in [0.2, 0.25) is 11.9 Å². The normalized spacial score (nSPS) is 14.4. The zero-order valence-electron chi connectivity index (χ0n) is 25.3. The third kappa shape index (κ3) is 5.53. The van der Waals surface area contributed by atoms with Crippen LogP contribution in [0.5, 0.6) is 5.75 Å². The number of benzene rings is 1. The summed E-state index contributed by atoms with van der Waals surface area (Å²) in [6.07, 6.45) is 4.69. The number of aromatic nitrogens is 5. The molecule has 1 aliphatic rings. The summed E-state index contributed by atoms with van der Waals surface area (Å²) < 4.78 is 44.1. The molecule has 0 saturated heterocycles. The number of pyridine rings is 1. The number of anilines is 1. The Balaban J connectivity index is 1.62. The lowest BCUT2D eigenvalue weighted by atomic mass is 9.96. The quantitative estimate of drug-likeness (QED) is 0.150. The molecule has 0 aliphatic carbocycles. The van der Waals surface area contributed by atoms with Gasteiger partial charge in [-0.15, -0.1) is 11.3 Å². The first-order valence-electron chi connectivity index (χ1n) is 14.2. The van der Waals surface area contributed by atoms with Crippen LogP contribution in [0.2, 0.25) is 0 Å². The second-order valence-corrected chi connectivity index (χ2v) is 11.6. The van der Waals surface area contributed by atoms with Crippen molar-refractivity contribution in [3.8, 4) is 39.5 Å². The standard InChI is InChI=1S/C32H31F2N7O3S/c1-6-26(42)40-8-9-41-24(18(40)2)15-23(38-41)30-28(27-22(34)13-20(33)14-25(27)44-11-10-43-5)31-21(7-12-45-31)29(37-30)19-16-35-32(36-17-19)39(3)4/h6-7,12-18H,1,8-11H2,2-5H3. The topological polar surface area (TPSA) is 98.5 Å². The Kier molecular flexibility index (Phi) is 8.30. The Hall–Kier alpha value is -4.75. The number of hydrogen-bond acceptors (Lipinski definition) is 9. The number of rotatable bonds is 9. The van der Waals surface area contributed by atoms with Gasteiger partial charge in [-0.3, -0.25) is 9.48 Å². The van der Waals surface area contributed by atoms with Gasteiger partial charge >= 0.3 is 0 Å². The molecule has 1 aliphatic heterocycles. The second-order valence-electron chi connectivity index (χ2n) is 10.7. The molecule has 45 heavy (non-hydrogen) atoms. The van der Waals surface area contributed by atoms with Crippen molar-refractivity contribution in [3.05, 3.63) is 72.0 Å². The van der Waals surface area contributed by atoms with Gasteiger partial charge < -0.3 is 19.3 Å². The van der Waals surface area contributed by atoms with E-state index < -0.39 is 11.6 Å². The Morgan fingerprint density at radius 3 is 2.62 bits per heavy atom. The van der Waals surface area contributed by atoms with Crippen molar-refractivity contribution >= 4 is 33.3 Å². The molecule has 0 spiro atoms. The minimum Gasteiger partial charge on any atom is -0.490 e. The van der Waals surface area contributed by atoms with E-state index in [9.17, 15) is 9.18 Å². The summed E-state index contributed by atoms with van der Waals surface area (Å²) >= 11 is 1.40. The van der Waals surface area contributed by atoms with Crippen LogP contribution < -0.4 is 9.64 Å². The molecule has 1 atom stereocenters. The van der Waals surface area contributed by atoms with Crippen LogP contribution in [0.4, 0.5) is 14.7 Å². The summed E-state index contributed by atoms with van der Waals surface area (Å²) in [5, 5.41) is 7.53. The van der Waals surface area contributed by atoms with E-state index in [2.05, 4.69) is 16.5 Å². The maximum absolute atomic E-state index is 16.0. The van der Waals surface area contributed by atoms with Crippen molar-refractivity contribution in [2.75, 3.05) is 45.9 Å². The van der Waals surface area contributed by atoms with Crippen LogP contribution in [0.3, 0.4) is 0 Å². The minimum absolute atomic E-state index is 0.0221. The maximum atomic E-state index is 16.0. The predicted octanol–water partition coefficient (Wildman–Crippen LogP) is 5.74. The first-order valence-corrected chi connectivity index (χ1v) is 15.1. The summed E-state index contributed by atoms with van der Waals surface area (Å²) in [7, 11) is 5.23. The molecule has 6 rings (SSSR count). The lowest BCUT2D eigenvalue weighted by Crippen LogP contribution is -2.40. The molecule has 1 aromatic carbocycles. The zero-order chi connectivity index (χ0) is 31.8. The molecule has 0 fully saturated rings. The van der Waals surface area contributed by atoms with Crippen molar-refractivity contribution in [2.45, 2.75) is 19.5 Å². The number of carbonyl (C=O) groups is 1. The third-order valence-corrected chi connectivity index (χ3v) is 8.62. The van der Waals surface area contributed by atoms with Gasteiger partial charge in [0.15, 0.2) is 0 Å². The van der Waals surface area contributed by atoms with Gasteiger partial charge in [-0.1, -0.05) is 6.58 Å². The smallest absolute Gasteiger partial charge is 0.246 e. The monoisotopic (exact) mass is 631 g/mol. The Labute approximate surface area is 262 Å². The van der Waals surface area contributed by atoms with Gasteiger partial charge in [0.25, 0.3) is 0 Å². The SMILES string of the molecule is C=CC(=O)N1CCn2nc(-c3nc(-c4cnc(N(C)C)nc4)c4ccsc4c3-c3c(F)cc(F)cc3OCCOC)cc2C1C. The van der Waals surface area contributed by atoms with Gasteiger partial charge in [-0.25, -0.2) is 23.7 Å². The highest BCUT2D eigenvalue weighted by Gasteiger charge is 2.31. The first-order chi connectivity index (χ1) is 21.7. The van der Waals surface area contributed by atoms with E-state index in [1.165, 1.54) is 24.5 Å². The van der Waals surface area contributed by atoms with Crippen molar-refractivity contribution in [1.29, 1.82) is 0 Å². The predicted molar refractivity (Wildman–Crippen MR) is 169 cm³/mol.